The second kappa shape index (κ2) is 11.6. The molecule has 0 aliphatic rings. The number of hydrogen-bond donors (Lipinski definition) is 1. The van der Waals surface area contributed by atoms with Gasteiger partial charge < -0.3 is 14.4 Å². The first kappa shape index (κ1) is 22.2. The van der Waals surface area contributed by atoms with Gasteiger partial charge in [0, 0.05) is 50.8 Å². The quantitative estimate of drug-likeness (QED) is 0.457. The first-order chi connectivity index (χ1) is 14.7. The van der Waals surface area contributed by atoms with Crippen molar-refractivity contribution < 1.29 is 14.2 Å². The van der Waals surface area contributed by atoms with E-state index in [0.717, 1.165) is 24.2 Å². The van der Waals surface area contributed by atoms with Crippen LogP contribution in [0.4, 0.5) is 4.39 Å². The van der Waals surface area contributed by atoms with Gasteiger partial charge in [-0.15, -0.1) is 0 Å². The molecular weight excluding hydrogens is 379 g/mol. The molecule has 2 aromatic carbocycles. The summed E-state index contributed by atoms with van der Waals surface area (Å²) in [6.45, 7) is 3.26. The summed E-state index contributed by atoms with van der Waals surface area (Å²) in [5.74, 6) is -0.188. The highest BCUT2D eigenvalue weighted by Gasteiger charge is 2.15. The van der Waals surface area contributed by atoms with Crippen molar-refractivity contribution >= 4 is 0 Å². The average molecular weight is 411 g/mol. The molecule has 1 aromatic heterocycles. The summed E-state index contributed by atoms with van der Waals surface area (Å²) in [6, 6.07) is 21.0. The predicted molar refractivity (Wildman–Crippen MR) is 118 cm³/mol. The Balaban J connectivity index is 1.66. The van der Waals surface area contributed by atoms with Crippen LogP contribution in [-0.2, 0) is 24.2 Å². The summed E-state index contributed by atoms with van der Waals surface area (Å²) in [5.41, 5.74) is 2.90. The molecule has 0 radical (unpaired) electrons. The van der Waals surface area contributed by atoms with Gasteiger partial charge in [-0.25, -0.2) is 4.39 Å². The van der Waals surface area contributed by atoms with E-state index in [-0.39, 0.29) is 5.82 Å². The summed E-state index contributed by atoms with van der Waals surface area (Å²) < 4.78 is 21.4. The monoisotopic (exact) mass is 410 g/mol. The highest BCUT2D eigenvalue weighted by molar-refractivity contribution is 5.20. The van der Waals surface area contributed by atoms with E-state index in [1.807, 2.05) is 54.7 Å². The Kier molecular flexibility index (Phi) is 8.63. The Labute approximate surface area is 178 Å². The summed E-state index contributed by atoms with van der Waals surface area (Å²) >= 11 is 0. The fourth-order valence-electron chi connectivity index (χ4n) is 3.70. The molecule has 0 spiro atoms. The van der Waals surface area contributed by atoms with Gasteiger partial charge in [0.1, 0.15) is 5.82 Å². The average Bonchev–Trinajstić information content (AvgIpc) is 3.17. The zero-order valence-electron chi connectivity index (χ0n) is 17.6. The van der Waals surface area contributed by atoms with E-state index in [1.165, 1.54) is 6.07 Å². The van der Waals surface area contributed by atoms with Gasteiger partial charge in [0.15, 0.2) is 0 Å². The third-order valence-corrected chi connectivity index (χ3v) is 5.21. The van der Waals surface area contributed by atoms with Crippen molar-refractivity contribution in [3.63, 3.8) is 0 Å². The zero-order valence-corrected chi connectivity index (χ0v) is 17.6. The fraction of sp³-hybridized carbons (Fsp3) is 0.360. The largest absolute Gasteiger partial charge is 0.391 e. The summed E-state index contributed by atoms with van der Waals surface area (Å²) in [5, 5.41) is 10.7. The highest BCUT2D eigenvalue weighted by atomic mass is 19.1. The van der Waals surface area contributed by atoms with Gasteiger partial charge in [-0.1, -0.05) is 48.5 Å². The van der Waals surface area contributed by atoms with Gasteiger partial charge >= 0.3 is 0 Å². The number of ether oxygens (including phenoxy) is 1. The maximum atomic E-state index is 14.1. The molecule has 5 heteroatoms. The van der Waals surface area contributed by atoms with Gasteiger partial charge in [-0.3, -0.25) is 4.90 Å². The number of halogens is 1. The van der Waals surface area contributed by atoms with Crippen LogP contribution in [0.3, 0.4) is 0 Å². The minimum absolute atomic E-state index is 0.188. The molecule has 3 aromatic rings. The molecular formula is C25H31FN2O2. The number of aliphatic hydroxyl groups excluding tert-OH is 1. The second-order valence-electron chi connectivity index (χ2n) is 7.64. The van der Waals surface area contributed by atoms with Crippen LogP contribution < -0.4 is 0 Å². The number of methoxy groups -OCH3 is 1. The molecule has 4 nitrogen and oxygen atoms in total. The maximum absolute atomic E-state index is 14.1. The molecule has 0 amide bonds. The molecule has 160 valence electrons. The molecule has 1 N–H and O–H groups in total. The van der Waals surface area contributed by atoms with Crippen LogP contribution in [-0.4, -0.2) is 47.5 Å². The third-order valence-electron chi connectivity index (χ3n) is 5.21. The molecule has 0 saturated carbocycles. The van der Waals surface area contributed by atoms with Crippen LogP contribution in [0.1, 0.15) is 23.2 Å². The number of nitrogens with zero attached hydrogens (tertiary/aromatic N) is 2. The number of aromatic nitrogens is 1. The fourth-order valence-corrected chi connectivity index (χ4v) is 3.70. The van der Waals surface area contributed by atoms with Gasteiger partial charge in [0.2, 0.25) is 0 Å². The van der Waals surface area contributed by atoms with E-state index in [0.29, 0.717) is 38.2 Å². The molecule has 0 saturated heterocycles. The van der Waals surface area contributed by atoms with Crippen molar-refractivity contribution in [2.45, 2.75) is 32.0 Å². The van der Waals surface area contributed by atoms with E-state index in [1.54, 1.807) is 13.2 Å². The second-order valence-corrected chi connectivity index (χ2v) is 7.64. The van der Waals surface area contributed by atoms with E-state index in [4.69, 9.17) is 4.74 Å². The minimum atomic E-state index is -0.454. The van der Waals surface area contributed by atoms with Crippen molar-refractivity contribution in [1.29, 1.82) is 0 Å². The molecule has 3 rings (SSSR count). The van der Waals surface area contributed by atoms with Gasteiger partial charge in [-0.2, -0.15) is 0 Å². The molecule has 0 bridgehead atoms. The van der Waals surface area contributed by atoms with Crippen molar-refractivity contribution in [2.75, 3.05) is 26.8 Å². The maximum Gasteiger partial charge on any atom is 0.128 e. The topological polar surface area (TPSA) is 37.6 Å². The third kappa shape index (κ3) is 6.80. The SMILES string of the molecule is COCCCN(Cc1cccn1Cc1ccccc1F)C[C@@H](O)Cc1ccccc1. The van der Waals surface area contributed by atoms with Gasteiger partial charge in [0.25, 0.3) is 0 Å². The standard InChI is InChI=1S/C25H31FN2O2/c1-30-16-8-14-27(20-24(29)17-21-9-3-2-4-10-21)19-23-12-7-15-28(23)18-22-11-5-6-13-25(22)26/h2-7,9-13,15,24,29H,8,14,16-20H2,1H3/t24-/m0/s1. The first-order valence-electron chi connectivity index (χ1n) is 10.5. The van der Waals surface area contributed by atoms with Crippen LogP contribution in [0.25, 0.3) is 0 Å². The Hall–Kier alpha value is -2.47. The molecule has 1 heterocycles. The van der Waals surface area contributed by atoms with Crippen LogP contribution in [0, 0.1) is 5.82 Å². The van der Waals surface area contributed by atoms with E-state index in [9.17, 15) is 9.50 Å². The molecule has 0 aliphatic heterocycles. The lowest BCUT2D eigenvalue weighted by atomic mass is 10.1. The van der Waals surface area contributed by atoms with E-state index in [2.05, 4.69) is 15.5 Å². The summed E-state index contributed by atoms with van der Waals surface area (Å²) in [7, 11) is 1.70. The number of hydrogen-bond acceptors (Lipinski definition) is 3. The summed E-state index contributed by atoms with van der Waals surface area (Å²) in [4.78, 5) is 2.25. The Morgan fingerprint density at radius 3 is 2.57 bits per heavy atom. The molecule has 1 atom stereocenters. The lowest BCUT2D eigenvalue weighted by Gasteiger charge is -2.26. The minimum Gasteiger partial charge on any atom is -0.391 e. The van der Waals surface area contributed by atoms with E-state index >= 15 is 0 Å². The van der Waals surface area contributed by atoms with Crippen molar-refractivity contribution in [2.24, 2.45) is 0 Å². The highest BCUT2D eigenvalue weighted by Crippen LogP contribution is 2.14. The number of benzene rings is 2. The van der Waals surface area contributed by atoms with Crippen molar-refractivity contribution in [3.05, 3.63) is 95.6 Å². The van der Waals surface area contributed by atoms with Crippen molar-refractivity contribution in [3.8, 4) is 0 Å². The Morgan fingerprint density at radius 2 is 1.80 bits per heavy atom. The predicted octanol–water partition coefficient (Wildman–Crippen LogP) is 4.12. The molecule has 30 heavy (non-hydrogen) atoms. The zero-order chi connectivity index (χ0) is 21.2. The molecule has 0 aliphatic carbocycles. The van der Waals surface area contributed by atoms with Gasteiger partial charge in [-0.05, 0) is 36.6 Å². The van der Waals surface area contributed by atoms with Crippen LogP contribution >= 0.6 is 0 Å². The lowest BCUT2D eigenvalue weighted by molar-refractivity contribution is 0.0981. The molecule has 0 fully saturated rings. The first-order valence-corrected chi connectivity index (χ1v) is 10.5. The number of rotatable bonds is 12. The molecule has 0 unspecified atom stereocenters. The van der Waals surface area contributed by atoms with Crippen LogP contribution in [0.5, 0.6) is 0 Å². The lowest BCUT2D eigenvalue weighted by Crippen LogP contribution is -2.35. The Morgan fingerprint density at radius 1 is 1.03 bits per heavy atom. The van der Waals surface area contributed by atoms with Crippen LogP contribution in [0.2, 0.25) is 0 Å². The smallest absolute Gasteiger partial charge is 0.128 e. The Bertz CT molecular complexity index is 882. The van der Waals surface area contributed by atoms with Gasteiger partial charge in [0.05, 0.1) is 12.6 Å². The summed E-state index contributed by atoms with van der Waals surface area (Å²) in [6.07, 6.45) is 3.04. The van der Waals surface area contributed by atoms with E-state index < -0.39 is 6.10 Å². The normalized spacial score (nSPS) is 12.4. The number of aliphatic hydroxyl groups is 1. The van der Waals surface area contributed by atoms with Crippen molar-refractivity contribution in [1.82, 2.24) is 9.47 Å². The van der Waals surface area contributed by atoms with Crippen LogP contribution in [0.15, 0.2) is 72.9 Å².